The van der Waals surface area contributed by atoms with Gasteiger partial charge in [0, 0.05) is 5.56 Å². The van der Waals surface area contributed by atoms with Crippen molar-refractivity contribution < 1.29 is 9.90 Å². The number of carboxylic acids is 1. The molecule has 0 saturated heterocycles. The minimum absolute atomic E-state index is 0.0220. The molecule has 16 heavy (non-hydrogen) atoms. The van der Waals surface area contributed by atoms with E-state index < -0.39 is 12.0 Å². The molecular weight excluding hydrogens is 206 g/mol. The summed E-state index contributed by atoms with van der Waals surface area (Å²) in [5, 5.41) is 15.8. The van der Waals surface area contributed by atoms with Crippen molar-refractivity contribution in [1.29, 1.82) is 5.41 Å². The molecule has 1 aromatic rings. The molecule has 5 heteroatoms. The number of hydrogen-bond acceptors (Lipinski definition) is 3. The van der Waals surface area contributed by atoms with Crippen molar-refractivity contribution in [2.24, 2.45) is 11.5 Å². The molecule has 1 atom stereocenters. The van der Waals surface area contributed by atoms with Crippen LogP contribution < -0.4 is 11.5 Å². The second-order valence-corrected chi connectivity index (χ2v) is 3.59. The van der Waals surface area contributed by atoms with Gasteiger partial charge in [-0.1, -0.05) is 24.3 Å². The summed E-state index contributed by atoms with van der Waals surface area (Å²) in [4.78, 5) is 10.5. The molecular formula is C11H15N3O2. The van der Waals surface area contributed by atoms with E-state index in [-0.39, 0.29) is 5.84 Å². The molecule has 0 radical (unpaired) electrons. The van der Waals surface area contributed by atoms with Crippen molar-refractivity contribution in [1.82, 2.24) is 0 Å². The number of amidine groups is 1. The number of carboxylic acid groups (broad SMARTS) is 1. The number of aryl methyl sites for hydroxylation is 1. The van der Waals surface area contributed by atoms with E-state index in [1.807, 2.05) is 12.1 Å². The summed E-state index contributed by atoms with van der Waals surface area (Å²) in [6, 6.07) is 6.30. The van der Waals surface area contributed by atoms with Crippen LogP contribution in [0, 0.1) is 5.41 Å². The third kappa shape index (κ3) is 3.36. The van der Waals surface area contributed by atoms with Gasteiger partial charge in [0.1, 0.15) is 11.9 Å². The Labute approximate surface area is 93.6 Å². The van der Waals surface area contributed by atoms with Crippen LogP contribution in [0.3, 0.4) is 0 Å². The minimum atomic E-state index is -0.986. The molecule has 0 unspecified atom stereocenters. The predicted molar refractivity (Wildman–Crippen MR) is 61.4 cm³/mol. The van der Waals surface area contributed by atoms with Gasteiger partial charge in [0.05, 0.1) is 0 Å². The van der Waals surface area contributed by atoms with E-state index in [4.69, 9.17) is 22.0 Å². The van der Waals surface area contributed by atoms with Crippen molar-refractivity contribution in [2.75, 3.05) is 0 Å². The molecule has 0 bridgehead atoms. The van der Waals surface area contributed by atoms with E-state index in [2.05, 4.69) is 0 Å². The number of nitrogen functional groups attached to an aromatic ring is 1. The molecule has 0 saturated carbocycles. The van der Waals surface area contributed by atoms with Crippen LogP contribution in [0.15, 0.2) is 24.3 Å². The number of nitrogens with one attached hydrogen (secondary N) is 1. The van der Waals surface area contributed by atoms with Crippen LogP contribution in [-0.4, -0.2) is 23.0 Å². The first-order valence-corrected chi connectivity index (χ1v) is 4.92. The van der Waals surface area contributed by atoms with Crippen LogP contribution in [0.2, 0.25) is 0 Å². The summed E-state index contributed by atoms with van der Waals surface area (Å²) in [7, 11) is 0. The zero-order chi connectivity index (χ0) is 12.1. The highest BCUT2D eigenvalue weighted by molar-refractivity contribution is 5.94. The molecule has 6 N–H and O–H groups in total. The van der Waals surface area contributed by atoms with Gasteiger partial charge in [-0.05, 0) is 18.4 Å². The lowest BCUT2D eigenvalue weighted by molar-refractivity contribution is -0.138. The number of benzene rings is 1. The highest BCUT2D eigenvalue weighted by atomic mass is 16.4. The van der Waals surface area contributed by atoms with Crippen molar-refractivity contribution in [3.8, 4) is 0 Å². The van der Waals surface area contributed by atoms with Gasteiger partial charge in [-0.3, -0.25) is 10.2 Å². The molecule has 0 fully saturated rings. The third-order valence-electron chi connectivity index (χ3n) is 2.33. The normalized spacial score (nSPS) is 12.1. The average Bonchev–Trinajstić information content (AvgIpc) is 2.26. The van der Waals surface area contributed by atoms with Gasteiger partial charge in [0.25, 0.3) is 0 Å². The number of aliphatic carboxylic acids is 1. The summed E-state index contributed by atoms with van der Waals surface area (Å²) in [5.41, 5.74) is 12.3. The van der Waals surface area contributed by atoms with Crippen molar-refractivity contribution >= 4 is 11.8 Å². The van der Waals surface area contributed by atoms with E-state index in [0.29, 0.717) is 18.4 Å². The van der Waals surface area contributed by atoms with Gasteiger partial charge in [-0.15, -0.1) is 0 Å². The molecule has 0 aromatic heterocycles. The standard InChI is InChI=1S/C11H15N3O2/c12-9(11(15)16)6-3-7-1-4-8(5-2-7)10(13)14/h1-2,4-5,9H,3,6,12H2,(H3,13,14)(H,15,16)/t9-/m0/s1. The fraction of sp³-hybridized carbons (Fsp3) is 0.273. The lowest BCUT2D eigenvalue weighted by atomic mass is 10.0. The van der Waals surface area contributed by atoms with E-state index in [1.54, 1.807) is 12.1 Å². The Hall–Kier alpha value is -1.88. The average molecular weight is 221 g/mol. The molecule has 0 amide bonds. The maximum absolute atomic E-state index is 10.5. The van der Waals surface area contributed by atoms with E-state index in [0.717, 1.165) is 5.56 Å². The third-order valence-corrected chi connectivity index (χ3v) is 2.33. The van der Waals surface area contributed by atoms with Gasteiger partial charge in [0.15, 0.2) is 0 Å². The van der Waals surface area contributed by atoms with Crippen LogP contribution in [0.5, 0.6) is 0 Å². The van der Waals surface area contributed by atoms with Crippen LogP contribution in [0.1, 0.15) is 17.5 Å². The summed E-state index contributed by atoms with van der Waals surface area (Å²) in [6.07, 6.45) is 1.00. The summed E-state index contributed by atoms with van der Waals surface area (Å²) in [6.45, 7) is 0. The maximum atomic E-state index is 10.5. The van der Waals surface area contributed by atoms with Gasteiger partial charge < -0.3 is 16.6 Å². The molecule has 0 aliphatic heterocycles. The SMILES string of the molecule is N=C(N)c1ccc(CC[C@H](N)C(=O)O)cc1. The fourth-order valence-corrected chi connectivity index (χ4v) is 1.30. The first-order chi connectivity index (χ1) is 7.50. The first kappa shape index (κ1) is 12.2. The zero-order valence-electron chi connectivity index (χ0n) is 8.81. The van der Waals surface area contributed by atoms with E-state index in [9.17, 15) is 4.79 Å². The first-order valence-electron chi connectivity index (χ1n) is 4.92. The van der Waals surface area contributed by atoms with Gasteiger partial charge >= 0.3 is 5.97 Å². The van der Waals surface area contributed by atoms with Crippen LogP contribution in [0.4, 0.5) is 0 Å². The topological polar surface area (TPSA) is 113 Å². The number of hydrogen-bond donors (Lipinski definition) is 4. The zero-order valence-corrected chi connectivity index (χ0v) is 8.81. The predicted octanol–water partition coefficient (Wildman–Crippen LogP) is 0.315. The van der Waals surface area contributed by atoms with Crippen molar-refractivity contribution in [3.05, 3.63) is 35.4 Å². The van der Waals surface area contributed by atoms with E-state index >= 15 is 0 Å². The smallest absolute Gasteiger partial charge is 0.320 e. The van der Waals surface area contributed by atoms with Gasteiger partial charge in [-0.2, -0.15) is 0 Å². The maximum Gasteiger partial charge on any atom is 0.320 e. The number of carbonyl (C=O) groups is 1. The van der Waals surface area contributed by atoms with Crippen LogP contribution in [0.25, 0.3) is 0 Å². The lowest BCUT2D eigenvalue weighted by Gasteiger charge is -2.06. The number of rotatable bonds is 5. The monoisotopic (exact) mass is 221 g/mol. The molecule has 86 valence electrons. The van der Waals surface area contributed by atoms with Crippen molar-refractivity contribution in [2.45, 2.75) is 18.9 Å². The highest BCUT2D eigenvalue weighted by Gasteiger charge is 2.10. The van der Waals surface area contributed by atoms with Crippen molar-refractivity contribution in [3.63, 3.8) is 0 Å². The van der Waals surface area contributed by atoms with Crippen LogP contribution in [-0.2, 0) is 11.2 Å². The molecule has 0 aliphatic carbocycles. The molecule has 0 aliphatic rings. The Morgan fingerprint density at radius 2 is 1.94 bits per heavy atom. The largest absolute Gasteiger partial charge is 0.480 e. The quantitative estimate of drug-likeness (QED) is 0.423. The minimum Gasteiger partial charge on any atom is -0.480 e. The molecule has 1 aromatic carbocycles. The number of nitrogens with two attached hydrogens (primary N) is 2. The summed E-state index contributed by atoms with van der Waals surface area (Å²) in [5.74, 6) is -0.964. The lowest BCUT2D eigenvalue weighted by Crippen LogP contribution is -2.30. The Morgan fingerprint density at radius 1 is 1.38 bits per heavy atom. The summed E-state index contributed by atoms with van der Waals surface area (Å²) >= 11 is 0. The highest BCUT2D eigenvalue weighted by Crippen LogP contribution is 2.07. The fourth-order valence-electron chi connectivity index (χ4n) is 1.30. The summed E-state index contributed by atoms with van der Waals surface area (Å²) < 4.78 is 0. The molecule has 0 spiro atoms. The second kappa shape index (κ2) is 5.27. The molecule has 1 rings (SSSR count). The second-order valence-electron chi connectivity index (χ2n) is 3.59. The van der Waals surface area contributed by atoms with Gasteiger partial charge in [-0.25, -0.2) is 0 Å². The van der Waals surface area contributed by atoms with Gasteiger partial charge in [0.2, 0.25) is 0 Å². The Kier molecular flexibility index (Phi) is 4.02. The molecule has 5 nitrogen and oxygen atoms in total. The Bertz CT molecular complexity index is 387. The molecule has 0 heterocycles. The Morgan fingerprint density at radius 3 is 2.38 bits per heavy atom. The van der Waals surface area contributed by atoms with E-state index in [1.165, 1.54) is 0 Å². The Balaban J connectivity index is 2.56. The van der Waals surface area contributed by atoms with Crippen LogP contribution >= 0.6 is 0 Å².